The first-order chi connectivity index (χ1) is 9.20. The lowest BCUT2D eigenvalue weighted by atomic mass is 10.2. The number of aromatic nitrogens is 3. The van der Waals surface area contributed by atoms with Crippen LogP contribution in [0.1, 0.15) is 11.1 Å². The van der Waals surface area contributed by atoms with Crippen molar-refractivity contribution in [3.05, 3.63) is 48.0 Å². The minimum Gasteiger partial charge on any atom is -0.409 e. The van der Waals surface area contributed by atoms with Crippen molar-refractivity contribution in [1.29, 1.82) is 0 Å². The minimum atomic E-state index is -0.0108. The van der Waals surface area contributed by atoms with Gasteiger partial charge in [-0.25, -0.2) is 9.97 Å². The molecule has 0 saturated heterocycles. The molecule has 0 bridgehead atoms. The van der Waals surface area contributed by atoms with Crippen LogP contribution in [0.3, 0.4) is 0 Å². The maximum Gasteiger partial charge on any atom is 0.225 e. The second kappa shape index (κ2) is 5.76. The molecule has 0 aromatic carbocycles. The number of amidine groups is 1. The normalized spacial score (nSPS) is 11.3. The molecule has 0 aliphatic rings. The molecule has 0 aliphatic heterocycles. The van der Waals surface area contributed by atoms with Crippen LogP contribution in [0, 0.1) is 0 Å². The first-order valence-corrected chi connectivity index (χ1v) is 5.60. The monoisotopic (exact) mass is 258 g/mol. The lowest BCUT2D eigenvalue weighted by Crippen LogP contribution is -2.20. The summed E-state index contributed by atoms with van der Waals surface area (Å²) in [6.45, 7) is 0.672. The zero-order chi connectivity index (χ0) is 13.7. The van der Waals surface area contributed by atoms with E-state index in [0.717, 1.165) is 5.56 Å². The van der Waals surface area contributed by atoms with Gasteiger partial charge in [-0.1, -0.05) is 5.16 Å². The molecule has 7 nitrogen and oxygen atoms in total. The summed E-state index contributed by atoms with van der Waals surface area (Å²) >= 11 is 0. The summed E-state index contributed by atoms with van der Waals surface area (Å²) < 4.78 is 0. The van der Waals surface area contributed by atoms with Crippen molar-refractivity contribution in [2.45, 2.75) is 6.54 Å². The molecule has 0 atom stereocenters. The highest BCUT2D eigenvalue weighted by molar-refractivity contribution is 5.96. The fraction of sp³-hybridized carbons (Fsp3) is 0.167. The van der Waals surface area contributed by atoms with Gasteiger partial charge in [0.2, 0.25) is 5.95 Å². The first kappa shape index (κ1) is 12.7. The van der Waals surface area contributed by atoms with E-state index in [2.05, 4.69) is 20.1 Å². The van der Waals surface area contributed by atoms with E-state index in [-0.39, 0.29) is 5.84 Å². The van der Waals surface area contributed by atoms with Crippen LogP contribution in [-0.2, 0) is 6.54 Å². The largest absolute Gasteiger partial charge is 0.409 e. The smallest absolute Gasteiger partial charge is 0.225 e. The zero-order valence-corrected chi connectivity index (χ0v) is 10.4. The number of anilines is 1. The Morgan fingerprint density at radius 2 is 1.95 bits per heavy atom. The molecule has 0 spiro atoms. The molecule has 98 valence electrons. The molecule has 7 heteroatoms. The van der Waals surface area contributed by atoms with Gasteiger partial charge < -0.3 is 15.8 Å². The number of nitrogens with zero attached hydrogens (tertiary/aromatic N) is 5. The van der Waals surface area contributed by atoms with E-state index >= 15 is 0 Å². The topological polar surface area (TPSA) is 101 Å². The Labute approximate surface area is 110 Å². The van der Waals surface area contributed by atoms with Gasteiger partial charge in [-0.15, -0.1) is 0 Å². The molecular formula is C12H14N6O. The third-order valence-corrected chi connectivity index (χ3v) is 2.55. The van der Waals surface area contributed by atoms with Crippen molar-refractivity contribution >= 4 is 11.8 Å². The van der Waals surface area contributed by atoms with Gasteiger partial charge in [0.1, 0.15) is 0 Å². The average molecular weight is 258 g/mol. The van der Waals surface area contributed by atoms with E-state index in [1.807, 2.05) is 24.1 Å². The molecule has 2 rings (SSSR count). The van der Waals surface area contributed by atoms with E-state index < -0.39 is 0 Å². The Hall–Kier alpha value is -2.70. The van der Waals surface area contributed by atoms with Crippen molar-refractivity contribution in [3.63, 3.8) is 0 Å². The summed E-state index contributed by atoms with van der Waals surface area (Å²) in [5.74, 6) is 0.551. The van der Waals surface area contributed by atoms with Crippen LogP contribution in [0.2, 0.25) is 0 Å². The predicted octanol–water partition coefficient (Wildman–Crippen LogP) is 0.602. The zero-order valence-electron chi connectivity index (χ0n) is 10.4. The summed E-state index contributed by atoms with van der Waals surface area (Å²) in [5.41, 5.74) is 7.03. The molecule has 19 heavy (non-hydrogen) atoms. The van der Waals surface area contributed by atoms with Gasteiger partial charge in [-0.2, -0.15) is 0 Å². The van der Waals surface area contributed by atoms with Crippen molar-refractivity contribution in [2.75, 3.05) is 11.9 Å². The Bertz CT molecular complexity index is 554. The highest BCUT2D eigenvalue weighted by Crippen LogP contribution is 2.09. The predicted molar refractivity (Wildman–Crippen MR) is 70.9 cm³/mol. The van der Waals surface area contributed by atoms with Crippen molar-refractivity contribution in [3.8, 4) is 0 Å². The fourth-order valence-electron chi connectivity index (χ4n) is 1.54. The van der Waals surface area contributed by atoms with Crippen molar-refractivity contribution in [1.82, 2.24) is 15.0 Å². The Balaban J connectivity index is 2.10. The molecule has 0 saturated carbocycles. The summed E-state index contributed by atoms with van der Waals surface area (Å²) in [5, 5.41) is 11.4. The quantitative estimate of drug-likeness (QED) is 0.360. The molecule has 0 amide bonds. The van der Waals surface area contributed by atoms with Crippen LogP contribution >= 0.6 is 0 Å². The van der Waals surface area contributed by atoms with Crippen LogP contribution in [0.5, 0.6) is 0 Å². The van der Waals surface area contributed by atoms with E-state index in [4.69, 9.17) is 10.9 Å². The fourth-order valence-corrected chi connectivity index (χ4v) is 1.54. The van der Waals surface area contributed by atoms with Crippen LogP contribution < -0.4 is 10.6 Å². The average Bonchev–Trinajstić information content (AvgIpc) is 2.47. The van der Waals surface area contributed by atoms with Crippen molar-refractivity contribution < 1.29 is 5.21 Å². The van der Waals surface area contributed by atoms with E-state index in [0.29, 0.717) is 18.1 Å². The number of hydrogen-bond acceptors (Lipinski definition) is 6. The highest BCUT2D eigenvalue weighted by atomic mass is 16.4. The number of pyridine rings is 1. The van der Waals surface area contributed by atoms with Crippen LogP contribution in [0.4, 0.5) is 5.95 Å². The number of hydrogen-bond donors (Lipinski definition) is 2. The third-order valence-electron chi connectivity index (χ3n) is 2.55. The lowest BCUT2D eigenvalue weighted by Gasteiger charge is -2.16. The van der Waals surface area contributed by atoms with Gasteiger partial charge in [0.15, 0.2) is 5.84 Å². The first-order valence-electron chi connectivity index (χ1n) is 5.60. The van der Waals surface area contributed by atoms with Gasteiger partial charge in [-0.05, 0) is 17.7 Å². The van der Waals surface area contributed by atoms with E-state index in [1.54, 1.807) is 12.4 Å². The maximum atomic E-state index is 8.55. The number of rotatable bonds is 4. The van der Waals surface area contributed by atoms with Crippen LogP contribution in [-0.4, -0.2) is 33.0 Å². The number of oxime groups is 1. The molecule has 2 heterocycles. The maximum absolute atomic E-state index is 8.55. The van der Waals surface area contributed by atoms with E-state index in [1.165, 1.54) is 12.4 Å². The van der Waals surface area contributed by atoms with Crippen LogP contribution in [0.25, 0.3) is 0 Å². The summed E-state index contributed by atoms with van der Waals surface area (Å²) in [7, 11) is 1.89. The molecule has 0 aliphatic carbocycles. The second-order valence-electron chi connectivity index (χ2n) is 3.97. The van der Waals surface area contributed by atoms with Gasteiger partial charge in [-0.3, -0.25) is 4.98 Å². The Morgan fingerprint density at radius 3 is 2.53 bits per heavy atom. The van der Waals surface area contributed by atoms with Crippen molar-refractivity contribution in [2.24, 2.45) is 10.9 Å². The second-order valence-corrected chi connectivity index (χ2v) is 3.97. The van der Waals surface area contributed by atoms with E-state index in [9.17, 15) is 0 Å². The van der Waals surface area contributed by atoms with Crippen LogP contribution in [0.15, 0.2) is 42.1 Å². The highest BCUT2D eigenvalue weighted by Gasteiger charge is 2.06. The Morgan fingerprint density at radius 1 is 1.32 bits per heavy atom. The van der Waals surface area contributed by atoms with Gasteiger partial charge in [0.05, 0.1) is 5.56 Å². The lowest BCUT2D eigenvalue weighted by molar-refractivity contribution is 0.318. The molecule has 0 unspecified atom stereocenters. The molecule has 3 N–H and O–H groups in total. The summed E-state index contributed by atoms with van der Waals surface area (Å²) in [6.07, 6.45) is 6.51. The van der Waals surface area contributed by atoms with Gasteiger partial charge in [0, 0.05) is 38.4 Å². The van der Waals surface area contributed by atoms with Gasteiger partial charge >= 0.3 is 0 Å². The molecule has 0 radical (unpaired) electrons. The minimum absolute atomic E-state index is 0.0108. The summed E-state index contributed by atoms with van der Waals surface area (Å²) in [4.78, 5) is 14.2. The molecule has 0 fully saturated rings. The SMILES string of the molecule is CN(Cc1ccncc1)c1ncc(/C(N)=N/O)cn1. The Kier molecular flexibility index (Phi) is 3.87. The number of nitrogens with two attached hydrogens (primary N) is 1. The van der Waals surface area contributed by atoms with Gasteiger partial charge in [0.25, 0.3) is 0 Å². The standard InChI is InChI=1S/C12H14N6O/c1-18(8-9-2-4-14-5-3-9)12-15-6-10(7-16-12)11(13)17-19/h2-7,19H,8H2,1H3,(H2,13,17). The third kappa shape index (κ3) is 3.15. The molecular weight excluding hydrogens is 244 g/mol. The molecule has 2 aromatic rings. The summed E-state index contributed by atoms with van der Waals surface area (Å²) in [6, 6.07) is 3.86. The molecule has 2 aromatic heterocycles.